The minimum absolute atomic E-state index is 0.0624. The van der Waals surface area contributed by atoms with Crippen LogP contribution in [0.2, 0.25) is 5.02 Å². The number of benzene rings is 3. The monoisotopic (exact) mass is 442 g/mol. The molecule has 0 radical (unpaired) electrons. The molecule has 156 valence electrons. The average molecular weight is 443 g/mol. The second-order valence-electron chi connectivity index (χ2n) is 7.12. The smallest absolute Gasteiger partial charge is 0.264 e. The van der Waals surface area contributed by atoms with Crippen molar-refractivity contribution < 1.29 is 13.2 Å². The van der Waals surface area contributed by atoms with E-state index in [0.29, 0.717) is 16.4 Å². The van der Waals surface area contributed by atoms with E-state index >= 15 is 0 Å². The lowest BCUT2D eigenvalue weighted by Crippen LogP contribution is -2.38. The van der Waals surface area contributed by atoms with Gasteiger partial charge in [-0.15, -0.1) is 0 Å². The Labute approximate surface area is 182 Å². The highest BCUT2D eigenvalue weighted by atomic mass is 35.5. The second kappa shape index (κ2) is 8.90. The summed E-state index contributed by atoms with van der Waals surface area (Å²) in [5.41, 5.74) is 3.90. The van der Waals surface area contributed by atoms with Gasteiger partial charge in [0.2, 0.25) is 5.91 Å². The Bertz CT molecular complexity index is 1140. The third-order valence-electron chi connectivity index (χ3n) is 4.76. The number of rotatable bonds is 6. The second-order valence-corrected chi connectivity index (χ2v) is 9.41. The van der Waals surface area contributed by atoms with Crippen LogP contribution in [0.25, 0.3) is 0 Å². The van der Waals surface area contributed by atoms with Crippen molar-refractivity contribution in [2.24, 2.45) is 0 Å². The van der Waals surface area contributed by atoms with Gasteiger partial charge in [0.15, 0.2) is 0 Å². The van der Waals surface area contributed by atoms with E-state index in [1.165, 1.54) is 24.3 Å². The molecule has 0 saturated carbocycles. The molecule has 0 aliphatic rings. The molecular formula is C23H23ClN2O3S. The van der Waals surface area contributed by atoms with Crippen LogP contribution in [0.4, 0.5) is 11.4 Å². The van der Waals surface area contributed by atoms with Crippen LogP contribution in [-0.2, 0) is 14.8 Å². The lowest BCUT2D eigenvalue weighted by Gasteiger charge is -2.24. The maximum absolute atomic E-state index is 13.4. The number of anilines is 2. The highest BCUT2D eigenvalue weighted by Gasteiger charge is 2.27. The van der Waals surface area contributed by atoms with Gasteiger partial charge in [0.1, 0.15) is 6.54 Å². The summed E-state index contributed by atoms with van der Waals surface area (Å²) in [7, 11) is -3.98. The number of aryl methyl sites for hydroxylation is 3. The van der Waals surface area contributed by atoms with Crippen LogP contribution in [0, 0.1) is 20.8 Å². The summed E-state index contributed by atoms with van der Waals surface area (Å²) in [6, 6.07) is 18.6. The van der Waals surface area contributed by atoms with E-state index < -0.39 is 15.9 Å². The molecule has 5 nitrogen and oxygen atoms in total. The third-order valence-corrected chi connectivity index (χ3v) is 6.80. The maximum atomic E-state index is 13.4. The normalized spacial score (nSPS) is 11.2. The van der Waals surface area contributed by atoms with E-state index in [4.69, 9.17) is 11.6 Å². The minimum atomic E-state index is -3.98. The number of sulfonamides is 1. The Morgan fingerprint density at radius 2 is 1.47 bits per heavy atom. The fourth-order valence-corrected chi connectivity index (χ4v) is 4.63. The minimum Gasteiger partial charge on any atom is -0.324 e. The lowest BCUT2D eigenvalue weighted by molar-refractivity contribution is -0.114. The fourth-order valence-electron chi connectivity index (χ4n) is 3.08. The van der Waals surface area contributed by atoms with E-state index in [2.05, 4.69) is 5.32 Å². The van der Waals surface area contributed by atoms with Crippen LogP contribution in [0.1, 0.15) is 16.7 Å². The van der Waals surface area contributed by atoms with Crippen LogP contribution >= 0.6 is 11.6 Å². The number of nitrogens with zero attached hydrogens (tertiary/aromatic N) is 1. The maximum Gasteiger partial charge on any atom is 0.264 e. The molecule has 0 bridgehead atoms. The van der Waals surface area contributed by atoms with Gasteiger partial charge in [0, 0.05) is 10.7 Å². The predicted octanol–water partition coefficient (Wildman–Crippen LogP) is 5.10. The van der Waals surface area contributed by atoms with E-state index in [1.807, 2.05) is 51.1 Å². The Hall–Kier alpha value is -2.83. The zero-order valence-corrected chi connectivity index (χ0v) is 18.6. The van der Waals surface area contributed by atoms with E-state index in [9.17, 15) is 13.2 Å². The first-order valence-electron chi connectivity index (χ1n) is 9.39. The van der Waals surface area contributed by atoms with Crippen molar-refractivity contribution in [1.82, 2.24) is 0 Å². The number of para-hydroxylation sites is 1. The summed E-state index contributed by atoms with van der Waals surface area (Å²) in [5.74, 6) is -0.425. The van der Waals surface area contributed by atoms with Crippen LogP contribution in [0.5, 0.6) is 0 Å². The van der Waals surface area contributed by atoms with Gasteiger partial charge in [-0.25, -0.2) is 8.42 Å². The Balaban J connectivity index is 1.96. The molecule has 0 aromatic heterocycles. The molecule has 0 aliphatic heterocycles. The highest BCUT2D eigenvalue weighted by molar-refractivity contribution is 7.92. The summed E-state index contributed by atoms with van der Waals surface area (Å²) < 4.78 is 27.8. The van der Waals surface area contributed by atoms with Gasteiger partial charge in [-0.05, 0) is 68.3 Å². The first-order valence-corrected chi connectivity index (χ1v) is 11.2. The van der Waals surface area contributed by atoms with E-state index in [-0.39, 0.29) is 11.4 Å². The quantitative estimate of drug-likeness (QED) is 0.577. The van der Waals surface area contributed by atoms with Crippen molar-refractivity contribution in [2.75, 3.05) is 16.2 Å². The van der Waals surface area contributed by atoms with Crippen LogP contribution in [-0.4, -0.2) is 20.9 Å². The van der Waals surface area contributed by atoms with Gasteiger partial charge in [0.05, 0.1) is 10.6 Å². The van der Waals surface area contributed by atoms with Crippen molar-refractivity contribution >= 4 is 38.9 Å². The fraction of sp³-hybridized carbons (Fsp3) is 0.174. The average Bonchev–Trinajstić information content (AvgIpc) is 2.70. The number of carbonyl (C=O) groups excluding carboxylic acids is 1. The number of halogens is 1. The number of amides is 1. The Morgan fingerprint density at radius 1 is 0.900 bits per heavy atom. The summed E-state index contributed by atoms with van der Waals surface area (Å²) in [4.78, 5) is 12.9. The van der Waals surface area contributed by atoms with Gasteiger partial charge >= 0.3 is 0 Å². The zero-order chi connectivity index (χ0) is 21.9. The largest absolute Gasteiger partial charge is 0.324 e. The Morgan fingerprint density at radius 3 is 2.03 bits per heavy atom. The van der Waals surface area contributed by atoms with Crippen LogP contribution < -0.4 is 9.62 Å². The van der Waals surface area contributed by atoms with Crippen molar-refractivity contribution in [1.29, 1.82) is 0 Å². The van der Waals surface area contributed by atoms with Gasteiger partial charge in [-0.2, -0.15) is 0 Å². The summed E-state index contributed by atoms with van der Waals surface area (Å²) in [5, 5.41) is 3.29. The number of hydrogen-bond donors (Lipinski definition) is 1. The van der Waals surface area contributed by atoms with Crippen molar-refractivity contribution in [2.45, 2.75) is 25.7 Å². The molecule has 0 unspecified atom stereocenters. The topological polar surface area (TPSA) is 66.5 Å². The van der Waals surface area contributed by atoms with Gasteiger partial charge in [0.25, 0.3) is 10.0 Å². The summed E-state index contributed by atoms with van der Waals surface area (Å²) in [6.07, 6.45) is 0. The third kappa shape index (κ3) is 4.83. The predicted molar refractivity (Wildman–Crippen MR) is 122 cm³/mol. The number of carbonyl (C=O) groups is 1. The molecule has 0 aliphatic carbocycles. The molecule has 3 aromatic carbocycles. The molecule has 0 fully saturated rings. The molecule has 7 heteroatoms. The van der Waals surface area contributed by atoms with Crippen molar-refractivity contribution in [3.8, 4) is 0 Å². The summed E-state index contributed by atoms with van der Waals surface area (Å²) >= 11 is 5.91. The SMILES string of the molecule is Cc1ccc(N(CC(=O)Nc2c(C)cccc2C)S(=O)(=O)c2ccc(Cl)cc2)cc1. The molecule has 3 rings (SSSR count). The summed E-state index contributed by atoms with van der Waals surface area (Å²) in [6.45, 7) is 5.34. The Kier molecular flexibility index (Phi) is 6.48. The molecule has 1 amide bonds. The van der Waals surface area contributed by atoms with Crippen molar-refractivity contribution in [3.05, 3.63) is 88.4 Å². The molecule has 0 heterocycles. The zero-order valence-electron chi connectivity index (χ0n) is 17.0. The van der Waals surface area contributed by atoms with Crippen LogP contribution in [0.3, 0.4) is 0 Å². The molecular weight excluding hydrogens is 420 g/mol. The highest BCUT2D eigenvalue weighted by Crippen LogP contribution is 2.26. The lowest BCUT2D eigenvalue weighted by atomic mass is 10.1. The molecule has 3 aromatic rings. The number of nitrogens with one attached hydrogen (secondary N) is 1. The number of hydrogen-bond acceptors (Lipinski definition) is 3. The van der Waals surface area contributed by atoms with Crippen LogP contribution in [0.15, 0.2) is 71.6 Å². The van der Waals surface area contributed by atoms with Gasteiger partial charge in [-0.3, -0.25) is 9.10 Å². The van der Waals surface area contributed by atoms with E-state index in [0.717, 1.165) is 21.0 Å². The van der Waals surface area contributed by atoms with Gasteiger partial charge < -0.3 is 5.32 Å². The van der Waals surface area contributed by atoms with E-state index in [1.54, 1.807) is 12.1 Å². The van der Waals surface area contributed by atoms with Gasteiger partial charge in [-0.1, -0.05) is 47.5 Å². The molecule has 30 heavy (non-hydrogen) atoms. The standard InChI is InChI=1S/C23H23ClN2O3S/c1-16-7-11-20(12-8-16)26(30(28,29)21-13-9-19(24)10-14-21)15-22(27)25-23-17(2)5-4-6-18(23)3/h4-14H,15H2,1-3H3,(H,25,27). The first kappa shape index (κ1) is 21.9. The van der Waals surface area contributed by atoms with Crippen molar-refractivity contribution in [3.63, 3.8) is 0 Å². The molecule has 1 N–H and O–H groups in total. The molecule has 0 atom stereocenters. The molecule has 0 saturated heterocycles. The molecule has 0 spiro atoms. The first-order chi connectivity index (χ1) is 14.2.